The summed E-state index contributed by atoms with van der Waals surface area (Å²) in [6.07, 6.45) is 0. The van der Waals surface area contributed by atoms with Crippen molar-refractivity contribution < 1.29 is 81.0 Å². The number of rotatable bonds is 9. The summed E-state index contributed by atoms with van der Waals surface area (Å²) in [6, 6.07) is 0. The van der Waals surface area contributed by atoms with Crippen LogP contribution in [0.25, 0.3) is 0 Å². The Hall–Kier alpha value is 0.845. The summed E-state index contributed by atoms with van der Waals surface area (Å²) in [6.45, 7) is 54.1. The molecule has 13 nitrogen and oxygen atoms in total. The Balaban J connectivity index is -0.000000221. The molecule has 0 saturated carbocycles. The molecule has 0 spiro atoms. The summed E-state index contributed by atoms with van der Waals surface area (Å²) in [5.41, 5.74) is -5.96. The van der Waals surface area contributed by atoms with Crippen molar-refractivity contribution in [3.8, 4) is 0 Å². The summed E-state index contributed by atoms with van der Waals surface area (Å²) >= 11 is 0. The van der Waals surface area contributed by atoms with Crippen molar-refractivity contribution in [1.82, 2.24) is 0 Å². The molecule has 344 valence electrons. The van der Waals surface area contributed by atoms with Gasteiger partial charge < -0.3 is 59.3 Å². The van der Waals surface area contributed by atoms with Crippen LogP contribution < -0.4 is 19.5 Å². The van der Waals surface area contributed by atoms with E-state index in [0.717, 1.165) is 0 Å². The first-order chi connectivity index (χ1) is 23.4. The molecule has 0 bridgehead atoms. The summed E-state index contributed by atoms with van der Waals surface area (Å²) in [5.74, 6) is 0. The van der Waals surface area contributed by atoms with Gasteiger partial charge in [0.15, 0.2) is 0 Å². The van der Waals surface area contributed by atoms with Gasteiger partial charge in [-0.3, -0.25) is 0 Å². The zero-order valence-corrected chi connectivity index (χ0v) is 46.9. The Labute approximate surface area is 370 Å². The molecule has 0 heterocycles. The van der Waals surface area contributed by atoms with Crippen molar-refractivity contribution in [3.05, 3.63) is 0 Å². The van der Waals surface area contributed by atoms with Gasteiger partial charge >= 0.3 is 48.9 Å². The summed E-state index contributed by atoms with van der Waals surface area (Å²) < 4.78 is 49.6. The zero-order chi connectivity index (χ0) is 46.9. The standard InChI is InChI=1S/3C12H27O4Si.C4H9O.Ti/c3*1-10(2,3)14-17(13,15-11(4,5)6)16-12(7,8)9;1-4(2,3)5;/h3*1-9H3;1-3H3;/q4*-1;+4. The second kappa shape index (κ2) is 23.0. The van der Waals surface area contributed by atoms with E-state index in [0.29, 0.717) is 0 Å². The molecule has 0 aromatic heterocycles. The van der Waals surface area contributed by atoms with E-state index in [2.05, 4.69) is 0 Å². The fraction of sp³-hybridized carbons (Fsp3) is 1.00. The van der Waals surface area contributed by atoms with Crippen LogP contribution in [0, 0.1) is 0 Å². The summed E-state index contributed by atoms with van der Waals surface area (Å²) in [7, 11) is -11.7. The van der Waals surface area contributed by atoms with E-state index in [1.165, 1.54) is 0 Å². The van der Waals surface area contributed by atoms with Gasteiger partial charge in [0, 0.05) is 0 Å². The molecule has 0 fully saturated rings. The molecular weight excluding hydrogens is 821 g/mol. The molecule has 0 aliphatic rings. The van der Waals surface area contributed by atoms with E-state index >= 15 is 0 Å². The van der Waals surface area contributed by atoms with Crippen LogP contribution in [0.2, 0.25) is 0 Å². The molecule has 0 radical (unpaired) electrons. The molecule has 0 aromatic carbocycles. The Morgan fingerprint density at radius 3 is 0.316 bits per heavy atom. The largest absolute Gasteiger partial charge is 4.00 e. The first-order valence-corrected chi connectivity index (χ1v) is 24.4. The first kappa shape index (κ1) is 66.9. The molecule has 0 aliphatic carbocycles. The Kier molecular flexibility index (Phi) is 27.0. The summed E-state index contributed by atoms with van der Waals surface area (Å²) in [4.78, 5) is 37.9. The van der Waals surface area contributed by atoms with Crippen molar-refractivity contribution >= 4 is 27.1 Å². The first-order valence-electron chi connectivity index (χ1n) is 19.5. The van der Waals surface area contributed by atoms with Crippen LogP contribution in [0.4, 0.5) is 0 Å². The minimum atomic E-state index is -3.91. The molecule has 0 aromatic rings. The average molecular weight is 911 g/mol. The van der Waals surface area contributed by atoms with E-state index in [-0.39, 0.29) is 21.7 Å². The fourth-order valence-corrected chi connectivity index (χ4v) is 10.7. The van der Waals surface area contributed by atoms with Crippen molar-refractivity contribution in [3.63, 3.8) is 0 Å². The Morgan fingerprint density at radius 2 is 0.281 bits per heavy atom. The topological polar surface area (TPSA) is 175 Å². The molecule has 17 heteroatoms. The van der Waals surface area contributed by atoms with Gasteiger partial charge in [0.1, 0.15) is 0 Å². The predicted octanol–water partition coefficient (Wildman–Crippen LogP) is 6.83. The molecule has 0 aliphatic heterocycles. The van der Waals surface area contributed by atoms with Gasteiger partial charge in [-0.05, 0) is 187 Å². The van der Waals surface area contributed by atoms with Crippen LogP contribution in [0.3, 0.4) is 0 Å². The van der Waals surface area contributed by atoms with Crippen molar-refractivity contribution in [1.29, 1.82) is 0 Å². The third-order valence-corrected chi connectivity index (χ3v) is 11.6. The van der Waals surface area contributed by atoms with Gasteiger partial charge in [-0.25, -0.2) is 0 Å². The predicted molar refractivity (Wildman–Crippen MR) is 225 cm³/mol. The minimum absolute atomic E-state index is 0. The number of hydrogen-bond acceptors (Lipinski definition) is 13. The maximum absolute atomic E-state index is 12.6. The van der Waals surface area contributed by atoms with Gasteiger partial charge in [-0.15, -0.1) is 5.60 Å². The summed E-state index contributed by atoms with van der Waals surface area (Å²) in [5, 5.41) is 10.1. The second-order valence-electron chi connectivity index (χ2n) is 23.5. The van der Waals surface area contributed by atoms with Gasteiger partial charge in [-0.2, -0.15) is 0 Å². The molecule has 57 heavy (non-hydrogen) atoms. The normalized spacial score (nSPS) is 14.6. The zero-order valence-electron chi connectivity index (χ0n) is 42.3. The minimum Gasteiger partial charge on any atom is -0.850 e. The molecule has 0 amide bonds. The molecular formula is C40H90O13Si3Ti. The quantitative estimate of drug-likeness (QED) is 0.221. The van der Waals surface area contributed by atoms with Crippen molar-refractivity contribution in [2.24, 2.45) is 0 Å². The van der Waals surface area contributed by atoms with Gasteiger partial charge in [-0.1, -0.05) is 20.8 Å². The van der Waals surface area contributed by atoms with Gasteiger partial charge in [0.05, 0.1) is 50.4 Å². The van der Waals surface area contributed by atoms with Crippen molar-refractivity contribution in [2.45, 2.75) is 264 Å². The van der Waals surface area contributed by atoms with Crippen molar-refractivity contribution in [2.75, 3.05) is 0 Å². The van der Waals surface area contributed by atoms with Crippen LogP contribution in [0.15, 0.2) is 0 Å². The van der Waals surface area contributed by atoms with Crippen LogP contribution in [0.1, 0.15) is 208 Å². The average Bonchev–Trinajstić information content (AvgIpc) is 2.57. The van der Waals surface area contributed by atoms with Crippen LogP contribution in [0.5, 0.6) is 0 Å². The monoisotopic (exact) mass is 911 g/mol. The maximum atomic E-state index is 12.6. The smallest absolute Gasteiger partial charge is 0.850 e. The van der Waals surface area contributed by atoms with E-state index in [4.69, 9.17) is 39.8 Å². The fourth-order valence-electron chi connectivity index (χ4n) is 3.56. The van der Waals surface area contributed by atoms with E-state index in [1.54, 1.807) is 20.8 Å². The molecule has 0 rings (SSSR count). The molecule has 0 atom stereocenters. The Bertz CT molecular complexity index is 830. The van der Waals surface area contributed by atoms with Gasteiger partial charge in [0.25, 0.3) is 0 Å². The van der Waals surface area contributed by atoms with Crippen LogP contribution in [-0.4, -0.2) is 83.2 Å². The third-order valence-electron chi connectivity index (χ3n) is 3.88. The number of hydrogen-bond donors (Lipinski definition) is 0. The Morgan fingerprint density at radius 1 is 0.228 bits per heavy atom. The van der Waals surface area contributed by atoms with E-state index in [9.17, 15) is 19.5 Å². The molecule has 0 saturated heterocycles. The van der Waals surface area contributed by atoms with E-state index < -0.39 is 83.2 Å². The third kappa shape index (κ3) is 56.8. The molecule has 0 unspecified atom stereocenters. The molecule has 0 N–H and O–H groups in total. The van der Waals surface area contributed by atoms with Gasteiger partial charge in [0.2, 0.25) is 0 Å². The van der Waals surface area contributed by atoms with Crippen LogP contribution >= 0.6 is 0 Å². The van der Waals surface area contributed by atoms with E-state index in [1.807, 2.05) is 187 Å². The second-order valence-corrected chi connectivity index (χ2v) is 28.4. The van der Waals surface area contributed by atoms with Crippen LogP contribution in [-0.2, 0) is 61.6 Å². The maximum Gasteiger partial charge on any atom is 4.00 e. The SMILES string of the molecule is CC(C)(C)O[Si]([O-])(OC(C)(C)C)OC(C)(C)C.CC(C)(C)O[Si]([O-])(OC(C)(C)C)OC(C)(C)C.CC(C)(C)O[Si]([O-])(OC(C)(C)C)OC(C)(C)C.CC(C)(C)[O-].[Ti+4].